The Hall–Kier alpha value is -0.410. The van der Waals surface area contributed by atoms with Crippen LogP contribution in [-0.4, -0.2) is 13.2 Å². The molecule has 0 bridgehead atoms. The lowest BCUT2D eigenvalue weighted by Crippen LogP contribution is -2.00. The van der Waals surface area contributed by atoms with Crippen molar-refractivity contribution in [1.82, 2.24) is 0 Å². The molecule has 0 spiro atoms. The summed E-state index contributed by atoms with van der Waals surface area (Å²) in [6.07, 6.45) is 1.86. The quantitative estimate of drug-likeness (QED) is 0.730. The van der Waals surface area contributed by atoms with Gasteiger partial charge in [0.1, 0.15) is 0 Å². The summed E-state index contributed by atoms with van der Waals surface area (Å²) in [6.45, 7) is 5.75. The Bertz CT molecular complexity index is 421. The number of benzene rings is 1. The molecule has 1 aromatic carbocycles. The fourth-order valence-electron chi connectivity index (χ4n) is 1.98. The van der Waals surface area contributed by atoms with Gasteiger partial charge in [0.05, 0.1) is 18.6 Å². The minimum absolute atomic E-state index is 0.00321. The molecule has 1 aliphatic rings. The van der Waals surface area contributed by atoms with Gasteiger partial charge in [0.2, 0.25) is 0 Å². The molecule has 0 aliphatic carbocycles. The van der Waals surface area contributed by atoms with Gasteiger partial charge in [0.25, 0.3) is 0 Å². The van der Waals surface area contributed by atoms with Gasteiger partial charge in [0, 0.05) is 10.9 Å². The molecule has 1 unspecified atom stereocenters. The number of fused-ring (bicyclic) bond motifs is 1. The first kappa shape index (κ1) is 14.0. The van der Waals surface area contributed by atoms with Gasteiger partial charge < -0.3 is 9.47 Å². The van der Waals surface area contributed by atoms with Crippen LogP contribution in [0.3, 0.4) is 0 Å². The summed E-state index contributed by atoms with van der Waals surface area (Å²) in [7, 11) is 0. The Balaban J connectivity index is 2.28. The van der Waals surface area contributed by atoms with E-state index in [0.29, 0.717) is 19.1 Å². The molecule has 0 N–H and O–H groups in total. The Morgan fingerprint density at radius 1 is 1.22 bits per heavy atom. The average Bonchev–Trinajstić information content (AvgIpc) is 2.51. The van der Waals surface area contributed by atoms with Gasteiger partial charge in [0.15, 0.2) is 11.5 Å². The van der Waals surface area contributed by atoms with Crippen LogP contribution in [0.5, 0.6) is 11.5 Å². The first-order valence-corrected chi connectivity index (χ1v) is 7.54. The van der Waals surface area contributed by atoms with Gasteiger partial charge in [-0.05, 0) is 30.0 Å². The zero-order valence-electron chi connectivity index (χ0n) is 10.7. The highest BCUT2D eigenvalue weighted by Crippen LogP contribution is 2.41. The summed E-state index contributed by atoms with van der Waals surface area (Å²) >= 11 is 10.0. The van der Waals surface area contributed by atoms with Crippen molar-refractivity contribution in [2.24, 2.45) is 5.92 Å². The molecule has 0 saturated carbocycles. The molecular formula is C14H18BrClO2. The molecule has 18 heavy (non-hydrogen) atoms. The highest BCUT2D eigenvalue weighted by molar-refractivity contribution is 9.10. The predicted octanol–water partition coefficient (Wildman–Crippen LogP) is 4.94. The van der Waals surface area contributed by atoms with Gasteiger partial charge in [-0.1, -0.05) is 29.8 Å². The maximum absolute atomic E-state index is 6.46. The molecule has 0 saturated heterocycles. The summed E-state index contributed by atoms with van der Waals surface area (Å²) in [4.78, 5) is 0. The number of alkyl halides is 1. The van der Waals surface area contributed by atoms with Crippen molar-refractivity contribution in [2.45, 2.75) is 32.1 Å². The van der Waals surface area contributed by atoms with Crippen molar-refractivity contribution in [2.75, 3.05) is 13.2 Å². The van der Waals surface area contributed by atoms with Crippen LogP contribution in [0.4, 0.5) is 0 Å². The summed E-state index contributed by atoms with van der Waals surface area (Å²) in [5.41, 5.74) is 1.08. The summed E-state index contributed by atoms with van der Waals surface area (Å²) < 4.78 is 12.3. The maximum atomic E-state index is 6.46. The normalized spacial score (nSPS) is 16.5. The van der Waals surface area contributed by atoms with Crippen LogP contribution in [0.15, 0.2) is 16.6 Å². The second kappa shape index (κ2) is 6.16. The van der Waals surface area contributed by atoms with Gasteiger partial charge in [-0.25, -0.2) is 0 Å². The molecule has 1 aliphatic heterocycles. The van der Waals surface area contributed by atoms with E-state index in [0.717, 1.165) is 34.4 Å². The molecule has 0 fully saturated rings. The lowest BCUT2D eigenvalue weighted by Gasteiger charge is -2.17. The van der Waals surface area contributed by atoms with E-state index in [1.54, 1.807) is 0 Å². The van der Waals surface area contributed by atoms with Crippen LogP contribution in [0, 0.1) is 5.92 Å². The molecule has 1 heterocycles. The Morgan fingerprint density at radius 2 is 1.83 bits per heavy atom. The number of hydrogen-bond acceptors (Lipinski definition) is 2. The first-order valence-electron chi connectivity index (χ1n) is 6.31. The van der Waals surface area contributed by atoms with Gasteiger partial charge in [-0.3, -0.25) is 0 Å². The predicted molar refractivity (Wildman–Crippen MR) is 77.8 cm³/mol. The number of rotatable bonds is 3. The fraction of sp³-hybridized carbons (Fsp3) is 0.571. The van der Waals surface area contributed by atoms with E-state index in [1.165, 1.54) is 0 Å². The zero-order chi connectivity index (χ0) is 13.1. The third kappa shape index (κ3) is 3.33. The van der Waals surface area contributed by atoms with Crippen LogP contribution >= 0.6 is 27.5 Å². The number of hydrogen-bond donors (Lipinski definition) is 0. The summed E-state index contributed by atoms with van der Waals surface area (Å²) in [6, 6.07) is 3.97. The zero-order valence-corrected chi connectivity index (χ0v) is 13.1. The third-order valence-electron chi connectivity index (χ3n) is 2.88. The summed E-state index contributed by atoms with van der Waals surface area (Å²) in [5.74, 6) is 2.17. The van der Waals surface area contributed by atoms with Crippen molar-refractivity contribution in [3.63, 3.8) is 0 Å². The minimum atomic E-state index is -0.00321. The third-order valence-corrected chi connectivity index (χ3v) is 3.98. The van der Waals surface area contributed by atoms with Crippen molar-refractivity contribution in [3.05, 3.63) is 22.2 Å². The fourth-order valence-corrected chi connectivity index (χ4v) is 3.25. The highest BCUT2D eigenvalue weighted by Gasteiger charge is 2.19. The van der Waals surface area contributed by atoms with Crippen LogP contribution in [0.1, 0.15) is 37.6 Å². The molecule has 0 aromatic heterocycles. The molecular weight excluding hydrogens is 316 g/mol. The van der Waals surface area contributed by atoms with Gasteiger partial charge in [-0.15, -0.1) is 11.6 Å². The van der Waals surface area contributed by atoms with Crippen LogP contribution in [0.2, 0.25) is 0 Å². The molecule has 0 amide bonds. The molecule has 0 radical (unpaired) electrons. The molecule has 1 aromatic rings. The van der Waals surface area contributed by atoms with Gasteiger partial charge >= 0.3 is 0 Å². The number of halogens is 2. The molecule has 2 rings (SSSR count). The highest BCUT2D eigenvalue weighted by atomic mass is 79.9. The van der Waals surface area contributed by atoms with Gasteiger partial charge in [-0.2, -0.15) is 0 Å². The lowest BCUT2D eigenvalue weighted by atomic mass is 10.0. The summed E-state index contributed by atoms with van der Waals surface area (Å²) in [5, 5.41) is -0.00321. The maximum Gasteiger partial charge on any atom is 0.162 e. The van der Waals surface area contributed by atoms with Crippen molar-refractivity contribution < 1.29 is 9.47 Å². The molecule has 1 atom stereocenters. The van der Waals surface area contributed by atoms with Crippen LogP contribution in [-0.2, 0) is 0 Å². The SMILES string of the molecule is CC(C)CC(Cl)c1cc2c(cc1Br)OCCCO2. The van der Waals surface area contributed by atoms with E-state index in [-0.39, 0.29) is 5.38 Å². The van der Waals surface area contributed by atoms with Crippen LogP contribution in [0.25, 0.3) is 0 Å². The molecule has 100 valence electrons. The monoisotopic (exact) mass is 332 g/mol. The average molecular weight is 334 g/mol. The lowest BCUT2D eigenvalue weighted by molar-refractivity contribution is 0.297. The topological polar surface area (TPSA) is 18.5 Å². The Labute approximate surface area is 122 Å². The Morgan fingerprint density at radius 3 is 2.44 bits per heavy atom. The molecule has 2 nitrogen and oxygen atoms in total. The second-order valence-electron chi connectivity index (χ2n) is 4.97. The van der Waals surface area contributed by atoms with E-state index in [9.17, 15) is 0 Å². The molecule has 4 heteroatoms. The minimum Gasteiger partial charge on any atom is -0.490 e. The van der Waals surface area contributed by atoms with E-state index in [4.69, 9.17) is 21.1 Å². The van der Waals surface area contributed by atoms with E-state index < -0.39 is 0 Å². The largest absolute Gasteiger partial charge is 0.490 e. The van der Waals surface area contributed by atoms with E-state index in [2.05, 4.69) is 29.8 Å². The second-order valence-corrected chi connectivity index (χ2v) is 6.35. The first-order chi connectivity index (χ1) is 8.58. The van der Waals surface area contributed by atoms with Crippen molar-refractivity contribution in [1.29, 1.82) is 0 Å². The Kier molecular flexibility index (Phi) is 4.79. The van der Waals surface area contributed by atoms with Crippen molar-refractivity contribution >= 4 is 27.5 Å². The van der Waals surface area contributed by atoms with Crippen molar-refractivity contribution in [3.8, 4) is 11.5 Å². The van der Waals surface area contributed by atoms with Crippen LogP contribution < -0.4 is 9.47 Å². The standard InChI is InChI=1S/C14H18BrClO2/c1-9(2)6-12(16)10-7-13-14(8-11(10)15)18-5-3-4-17-13/h7-9,12H,3-6H2,1-2H3. The number of ether oxygens (including phenoxy) is 2. The van der Waals surface area contributed by atoms with E-state index >= 15 is 0 Å². The van der Waals surface area contributed by atoms with E-state index in [1.807, 2.05) is 12.1 Å². The smallest absolute Gasteiger partial charge is 0.162 e.